The Morgan fingerprint density at radius 1 is 1.55 bits per heavy atom. The Kier molecular flexibility index (Phi) is 5.29. The molecule has 2 amide bonds. The number of nitrogens with one attached hydrogen (secondary N) is 1. The molecule has 110 valence electrons. The molecule has 1 aromatic rings. The number of urea groups is 1. The zero-order valence-electron chi connectivity index (χ0n) is 11.5. The fraction of sp³-hybridized carbons (Fsp3) is 0.308. The lowest BCUT2D eigenvalue weighted by Gasteiger charge is -2.25. The predicted octanol–water partition coefficient (Wildman–Crippen LogP) is 1.22. The highest BCUT2D eigenvalue weighted by Crippen LogP contribution is 2.21. The Morgan fingerprint density at radius 2 is 2.20 bits per heavy atom. The van der Waals surface area contributed by atoms with Gasteiger partial charge in [-0.15, -0.1) is 6.58 Å². The van der Waals surface area contributed by atoms with Gasteiger partial charge in [0.1, 0.15) is 0 Å². The number of carbonyl (C=O) groups is 1. The van der Waals surface area contributed by atoms with Gasteiger partial charge in [-0.05, 0) is 24.6 Å². The molecule has 0 heterocycles. The Labute approximate surface area is 119 Å². The first-order valence-corrected chi connectivity index (χ1v) is 7.56. The summed E-state index contributed by atoms with van der Waals surface area (Å²) < 4.78 is 22.7. The van der Waals surface area contributed by atoms with Crippen molar-refractivity contribution in [2.45, 2.75) is 17.9 Å². The Morgan fingerprint density at radius 3 is 2.75 bits per heavy atom. The first-order valence-electron chi connectivity index (χ1n) is 6.01. The quantitative estimate of drug-likeness (QED) is 0.800. The van der Waals surface area contributed by atoms with Crippen LogP contribution in [0.3, 0.4) is 0 Å². The molecule has 0 saturated carbocycles. The van der Waals surface area contributed by atoms with Crippen LogP contribution in [0.2, 0.25) is 0 Å². The number of rotatable bonds is 5. The standard InChI is InChI=1S/C13H19N3O3S/c1-4-8-15-13(17)16(3)10(2)11-6-5-7-12(9-11)20(14,18)19/h4-7,9-10H,1,8H2,2-3H3,(H,15,17)(H2,14,18,19)/t10-/m0/s1. The molecule has 0 fully saturated rings. The third kappa shape index (κ3) is 4.07. The molecule has 0 radical (unpaired) electrons. The number of primary sulfonamides is 1. The van der Waals surface area contributed by atoms with E-state index in [1.165, 1.54) is 17.0 Å². The largest absolute Gasteiger partial charge is 0.335 e. The van der Waals surface area contributed by atoms with Crippen LogP contribution in [-0.2, 0) is 10.0 Å². The van der Waals surface area contributed by atoms with E-state index in [0.717, 1.165) is 0 Å². The summed E-state index contributed by atoms with van der Waals surface area (Å²) in [4.78, 5) is 13.3. The van der Waals surface area contributed by atoms with Crippen LogP contribution in [0, 0.1) is 0 Å². The second-order valence-electron chi connectivity index (χ2n) is 4.38. The molecule has 0 aromatic heterocycles. The van der Waals surface area contributed by atoms with E-state index in [9.17, 15) is 13.2 Å². The second kappa shape index (κ2) is 6.53. The maximum Gasteiger partial charge on any atom is 0.317 e. The summed E-state index contributed by atoms with van der Waals surface area (Å²) in [6.45, 7) is 5.69. The molecule has 7 heteroatoms. The van der Waals surface area contributed by atoms with Crippen LogP contribution < -0.4 is 10.5 Å². The first-order chi connectivity index (χ1) is 9.27. The summed E-state index contributed by atoms with van der Waals surface area (Å²) in [6, 6.07) is 5.68. The summed E-state index contributed by atoms with van der Waals surface area (Å²) in [5, 5.41) is 7.75. The van der Waals surface area contributed by atoms with Gasteiger partial charge in [0, 0.05) is 13.6 Å². The van der Waals surface area contributed by atoms with Gasteiger partial charge >= 0.3 is 6.03 Å². The van der Waals surface area contributed by atoms with E-state index >= 15 is 0 Å². The van der Waals surface area contributed by atoms with Gasteiger partial charge < -0.3 is 10.2 Å². The molecule has 1 atom stereocenters. The molecule has 0 unspecified atom stereocenters. The molecule has 0 aliphatic rings. The highest BCUT2D eigenvalue weighted by molar-refractivity contribution is 7.89. The van der Waals surface area contributed by atoms with Crippen molar-refractivity contribution >= 4 is 16.1 Å². The minimum atomic E-state index is -3.75. The molecule has 3 N–H and O–H groups in total. The van der Waals surface area contributed by atoms with Crippen molar-refractivity contribution in [2.75, 3.05) is 13.6 Å². The van der Waals surface area contributed by atoms with E-state index in [0.29, 0.717) is 12.1 Å². The van der Waals surface area contributed by atoms with Gasteiger partial charge in [-0.25, -0.2) is 18.4 Å². The number of hydrogen-bond donors (Lipinski definition) is 2. The molecule has 6 nitrogen and oxygen atoms in total. The summed E-state index contributed by atoms with van der Waals surface area (Å²) in [5.41, 5.74) is 0.688. The number of hydrogen-bond acceptors (Lipinski definition) is 3. The van der Waals surface area contributed by atoms with Gasteiger partial charge in [0.2, 0.25) is 10.0 Å². The second-order valence-corrected chi connectivity index (χ2v) is 5.94. The first kappa shape index (κ1) is 16.2. The fourth-order valence-electron chi connectivity index (χ4n) is 1.64. The SMILES string of the molecule is C=CCNC(=O)N(C)[C@@H](C)c1cccc(S(N)(=O)=O)c1. The molecule has 0 aliphatic carbocycles. The number of sulfonamides is 1. The molecule has 1 aromatic carbocycles. The van der Waals surface area contributed by atoms with Crippen LogP contribution in [0.15, 0.2) is 41.8 Å². The number of nitrogens with two attached hydrogens (primary N) is 1. The molecular formula is C13H19N3O3S. The maximum atomic E-state index is 11.8. The Hall–Kier alpha value is -1.86. The van der Waals surface area contributed by atoms with Crippen molar-refractivity contribution in [3.05, 3.63) is 42.5 Å². The van der Waals surface area contributed by atoms with Gasteiger partial charge in [-0.1, -0.05) is 18.2 Å². The van der Waals surface area contributed by atoms with Crippen LogP contribution >= 0.6 is 0 Å². The average molecular weight is 297 g/mol. The third-order valence-corrected chi connectivity index (χ3v) is 3.88. The van der Waals surface area contributed by atoms with Crippen molar-refractivity contribution in [1.82, 2.24) is 10.2 Å². The highest BCUT2D eigenvalue weighted by atomic mass is 32.2. The molecule has 0 aliphatic heterocycles. The number of amides is 2. The molecular weight excluding hydrogens is 278 g/mol. The normalized spacial score (nSPS) is 12.6. The van der Waals surface area contributed by atoms with E-state index in [4.69, 9.17) is 5.14 Å². The van der Waals surface area contributed by atoms with E-state index in [2.05, 4.69) is 11.9 Å². The lowest BCUT2D eigenvalue weighted by molar-refractivity contribution is 0.195. The highest BCUT2D eigenvalue weighted by Gasteiger charge is 2.18. The molecule has 0 saturated heterocycles. The Balaban J connectivity index is 2.94. The van der Waals surface area contributed by atoms with Gasteiger partial charge in [0.25, 0.3) is 0 Å². The Bertz CT molecular complexity index is 599. The lowest BCUT2D eigenvalue weighted by Crippen LogP contribution is -2.38. The van der Waals surface area contributed by atoms with Crippen LogP contribution in [0.4, 0.5) is 4.79 Å². The van der Waals surface area contributed by atoms with Crippen molar-refractivity contribution < 1.29 is 13.2 Å². The van der Waals surface area contributed by atoms with Crippen molar-refractivity contribution in [1.29, 1.82) is 0 Å². The van der Waals surface area contributed by atoms with Gasteiger partial charge in [0.15, 0.2) is 0 Å². The van der Waals surface area contributed by atoms with Gasteiger partial charge in [-0.2, -0.15) is 0 Å². The zero-order chi connectivity index (χ0) is 15.3. The number of carbonyl (C=O) groups excluding carboxylic acids is 1. The monoisotopic (exact) mass is 297 g/mol. The minimum Gasteiger partial charge on any atom is -0.335 e. The summed E-state index contributed by atoms with van der Waals surface area (Å²) in [7, 11) is -2.12. The number of nitrogens with zero attached hydrogens (tertiary/aromatic N) is 1. The van der Waals surface area contributed by atoms with E-state index < -0.39 is 10.0 Å². The van der Waals surface area contributed by atoms with E-state index in [-0.39, 0.29) is 17.0 Å². The van der Waals surface area contributed by atoms with Crippen molar-refractivity contribution in [3.63, 3.8) is 0 Å². The molecule has 0 bridgehead atoms. The third-order valence-electron chi connectivity index (χ3n) is 2.97. The van der Waals surface area contributed by atoms with Crippen molar-refractivity contribution in [3.8, 4) is 0 Å². The minimum absolute atomic E-state index is 0.0294. The molecule has 1 rings (SSSR count). The molecule has 0 spiro atoms. The smallest absolute Gasteiger partial charge is 0.317 e. The van der Waals surface area contributed by atoms with Gasteiger partial charge in [-0.3, -0.25) is 0 Å². The average Bonchev–Trinajstić information content (AvgIpc) is 2.42. The van der Waals surface area contributed by atoms with Crippen LogP contribution in [0.5, 0.6) is 0 Å². The summed E-state index contributed by atoms with van der Waals surface area (Å²) in [6.07, 6.45) is 1.58. The van der Waals surface area contributed by atoms with Crippen LogP contribution in [-0.4, -0.2) is 32.9 Å². The van der Waals surface area contributed by atoms with Crippen LogP contribution in [0.25, 0.3) is 0 Å². The van der Waals surface area contributed by atoms with Crippen molar-refractivity contribution in [2.24, 2.45) is 5.14 Å². The fourth-order valence-corrected chi connectivity index (χ4v) is 2.20. The lowest BCUT2D eigenvalue weighted by atomic mass is 10.1. The number of benzene rings is 1. The van der Waals surface area contributed by atoms with Gasteiger partial charge in [0.05, 0.1) is 10.9 Å². The maximum absolute atomic E-state index is 11.8. The molecule has 20 heavy (non-hydrogen) atoms. The zero-order valence-corrected chi connectivity index (χ0v) is 12.4. The topological polar surface area (TPSA) is 92.5 Å². The predicted molar refractivity (Wildman–Crippen MR) is 77.6 cm³/mol. The summed E-state index contributed by atoms with van der Waals surface area (Å²) in [5.74, 6) is 0. The van der Waals surface area contributed by atoms with E-state index in [1.54, 1.807) is 32.2 Å². The summed E-state index contributed by atoms with van der Waals surface area (Å²) >= 11 is 0. The van der Waals surface area contributed by atoms with E-state index in [1.807, 2.05) is 0 Å². The van der Waals surface area contributed by atoms with Crippen LogP contribution in [0.1, 0.15) is 18.5 Å².